The third kappa shape index (κ3) is 6.50. The van der Waals surface area contributed by atoms with Crippen LogP contribution in [0.25, 0.3) is 0 Å². The predicted octanol–water partition coefficient (Wildman–Crippen LogP) is 5.07. The molecule has 2 rings (SSSR count). The van der Waals surface area contributed by atoms with E-state index in [0.29, 0.717) is 5.02 Å². The van der Waals surface area contributed by atoms with Crippen LogP contribution in [0.5, 0.6) is 5.75 Å². The van der Waals surface area contributed by atoms with Crippen molar-refractivity contribution in [2.45, 2.75) is 20.0 Å². The van der Waals surface area contributed by atoms with E-state index in [1.54, 1.807) is 6.07 Å². The van der Waals surface area contributed by atoms with Gasteiger partial charge in [-0.15, -0.1) is 0 Å². The number of carbonyl (C=O) groups excluding carboxylic acids is 1. The average molecular weight is 432 g/mol. The lowest BCUT2D eigenvalue weighted by atomic mass is 10.2. The van der Waals surface area contributed by atoms with Gasteiger partial charge in [-0.25, -0.2) is 0 Å². The van der Waals surface area contributed by atoms with Crippen molar-refractivity contribution in [1.29, 1.82) is 0 Å². The van der Waals surface area contributed by atoms with Gasteiger partial charge in [-0.2, -0.15) is 0 Å². The van der Waals surface area contributed by atoms with Crippen molar-refractivity contribution in [2.75, 3.05) is 17.2 Å². The number of benzene rings is 2. The van der Waals surface area contributed by atoms with Gasteiger partial charge in [0.2, 0.25) is 5.91 Å². The van der Waals surface area contributed by atoms with Crippen molar-refractivity contribution in [3.63, 3.8) is 0 Å². The SMILES string of the molecule is CCNc1cc(Cl)cc(COc2c(Cl)cc(NC(=O)CC(=O)O)cc2Cl)c1. The van der Waals surface area contributed by atoms with E-state index in [1.165, 1.54) is 12.1 Å². The Bertz CT molecular complexity index is 835. The van der Waals surface area contributed by atoms with Crippen LogP contribution in [0.1, 0.15) is 18.9 Å². The zero-order valence-electron chi connectivity index (χ0n) is 14.3. The molecule has 0 spiro atoms. The monoisotopic (exact) mass is 430 g/mol. The summed E-state index contributed by atoms with van der Waals surface area (Å²) in [5.74, 6) is -1.67. The number of rotatable bonds is 8. The molecule has 0 aliphatic heterocycles. The lowest BCUT2D eigenvalue weighted by Crippen LogP contribution is -2.15. The van der Waals surface area contributed by atoms with Crippen LogP contribution in [-0.2, 0) is 16.2 Å². The molecule has 6 nitrogen and oxygen atoms in total. The van der Waals surface area contributed by atoms with Crippen LogP contribution in [0.3, 0.4) is 0 Å². The molecule has 0 radical (unpaired) electrons. The zero-order chi connectivity index (χ0) is 20.0. The first-order valence-corrected chi connectivity index (χ1v) is 9.08. The summed E-state index contributed by atoms with van der Waals surface area (Å²) in [6.45, 7) is 2.92. The smallest absolute Gasteiger partial charge is 0.312 e. The van der Waals surface area contributed by atoms with Crippen LogP contribution in [-0.4, -0.2) is 23.5 Å². The Morgan fingerprint density at radius 2 is 1.70 bits per heavy atom. The van der Waals surface area contributed by atoms with Gasteiger partial charge in [0.25, 0.3) is 0 Å². The van der Waals surface area contributed by atoms with Gasteiger partial charge in [0.15, 0.2) is 5.75 Å². The van der Waals surface area contributed by atoms with Gasteiger partial charge in [0, 0.05) is 22.9 Å². The highest BCUT2D eigenvalue weighted by Crippen LogP contribution is 2.36. The van der Waals surface area contributed by atoms with E-state index in [-0.39, 0.29) is 28.1 Å². The zero-order valence-corrected chi connectivity index (χ0v) is 16.6. The van der Waals surface area contributed by atoms with E-state index in [4.69, 9.17) is 44.6 Å². The number of hydrogen-bond donors (Lipinski definition) is 3. The van der Waals surface area contributed by atoms with E-state index in [2.05, 4.69) is 10.6 Å². The fraction of sp³-hybridized carbons (Fsp3) is 0.222. The molecule has 3 N–H and O–H groups in total. The highest BCUT2D eigenvalue weighted by molar-refractivity contribution is 6.37. The van der Waals surface area contributed by atoms with E-state index < -0.39 is 18.3 Å². The number of ether oxygens (including phenoxy) is 1. The minimum atomic E-state index is -1.23. The molecule has 0 aromatic heterocycles. The molecule has 0 bridgehead atoms. The predicted molar refractivity (Wildman–Crippen MR) is 107 cm³/mol. The summed E-state index contributed by atoms with van der Waals surface area (Å²) < 4.78 is 5.71. The number of nitrogens with one attached hydrogen (secondary N) is 2. The Morgan fingerprint density at radius 1 is 1.04 bits per heavy atom. The summed E-state index contributed by atoms with van der Waals surface area (Å²) in [5, 5.41) is 15.1. The quantitative estimate of drug-likeness (QED) is 0.508. The maximum atomic E-state index is 11.5. The normalized spacial score (nSPS) is 10.4. The summed E-state index contributed by atoms with van der Waals surface area (Å²) in [7, 11) is 0. The summed E-state index contributed by atoms with van der Waals surface area (Å²) in [6, 6.07) is 8.35. The maximum Gasteiger partial charge on any atom is 0.312 e. The lowest BCUT2D eigenvalue weighted by molar-refractivity contribution is -0.139. The molecular weight excluding hydrogens is 415 g/mol. The molecular formula is C18H17Cl3N2O4. The molecule has 0 saturated heterocycles. The number of hydrogen-bond acceptors (Lipinski definition) is 4. The second-order valence-electron chi connectivity index (χ2n) is 5.55. The fourth-order valence-corrected chi connectivity index (χ4v) is 3.16. The van der Waals surface area contributed by atoms with Crippen LogP contribution in [0.4, 0.5) is 11.4 Å². The average Bonchev–Trinajstić information content (AvgIpc) is 2.52. The molecule has 0 aliphatic rings. The van der Waals surface area contributed by atoms with Crippen LogP contribution in [0.15, 0.2) is 30.3 Å². The first-order chi connectivity index (χ1) is 12.8. The first kappa shape index (κ1) is 21.2. The Labute approximate surface area is 171 Å². The molecule has 27 heavy (non-hydrogen) atoms. The molecule has 9 heteroatoms. The van der Waals surface area contributed by atoms with Gasteiger partial charge >= 0.3 is 5.97 Å². The lowest BCUT2D eigenvalue weighted by Gasteiger charge is -2.13. The Morgan fingerprint density at radius 3 is 2.30 bits per heavy atom. The van der Waals surface area contributed by atoms with Crippen molar-refractivity contribution < 1.29 is 19.4 Å². The highest BCUT2D eigenvalue weighted by Gasteiger charge is 2.13. The molecule has 0 saturated carbocycles. The number of carboxylic acids is 1. The number of amides is 1. The fourth-order valence-electron chi connectivity index (χ4n) is 2.31. The molecule has 1 amide bonds. The van der Waals surface area contributed by atoms with Gasteiger partial charge in [0.05, 0.1) is 10.0 Å². The van der Waals surface area contributed by atoms with Crippen molar-refractivity contribution >= 4 is 58.1 Å². The largest absolute Gasteiger partial charge is 0.486 e. The molecule has 0 unspecified atom stereocenters. The third-order valence-electron chi connectivity index (χ3n) is 3.32. The van der Waals surface area contributed by atoms with Gasteiger partial charge in [0.1, 0.15) is 13.0 Å². The molecule has 0 atom stereocenters. The number of carbonyl (C=O) groups is 2. The van der Waals surface area contributed by atoms with Gasteiger partial charge in [-0.1, -0.05) is 34.8 Å². The van der Waals surface area contributed by atoms with Gasteiger partial charge in [-0.05, 0) is 42.8 Å². The van der Waals surface area contributed by atoms with Crippen molar-refractivity contribution in [1.82, 2.24) is 0 Å². The van der Waals surface area contributed by atoms with Crippen LogP contribution < -0.4 is 15.4 Å². The van der Waals surface area contributed by atoms with Gasteiger partial charge < -0.3 is 20.5 Å². The Balaban J connectivity index is 2.11. The summed E-state index contributed by atoms with van der Waals surface area (Å²) in [5.41, 5.74) is 1.97. The number of halogens is 3. The van der Waals surface area contributed by atoms with E-state index in [9.17, 15) is 9.59 Å². The summed E-state index contributed by atoms with van der Waals surface area (Å²) in [4.78, 5) is 22.1. The van der Waals surface area contributed by atoms with Crippen molar-refractivity contribution in [3.05, 3.63) is 51.0 Å². The minimum Gasteiger partial charge on any atom is -0.486 e. The summed E-state index contributed by atoms with van der Waals surface area (Å²) >= 11 is 18.5. The molecule has 144 valence electrons. The van der Waals surface area contributed by atoms with Crippen LogP contribution >= 0.6 is 34.8 Å². The molecule has 0 fully saturated rings. The second kappa shape index (κ2) is 9.69. The first-order valence-electron chi connectivity index (χ1n) is 7.95. The number of carboxylic acid groups (broad SMARTS) is 1. The summed E-state index contributed by atoms with van der Waals surface area (Å²) in [6.07, 6.45) is -0.656. The van der Waals surface area contributed by atoms with Crippen LogP contribution in [0, 0.1) is 0 Å². The molecule has 0 heterocycles. The van der Waals surface area contributed by atoms with Gasteiger partial charge in [-0.3, -0.25) is 9.59 Å². The Hall–Kier alpha value is -2.15. The van der Waals surface area contributed by atoms with Crippen LogP contribution in [0.2, 0.25) is 15.1 Å². The standard InChI is InChI=1S/C18H17Cl3N2O4/c1-2-22-12-4-10(3-11(19)5-12)9-27-18-14(20)6-13(7-15(18)21)23-16(24)8-17(25)26/h3-7,22H,2,8-9H2,1H3,(H,23,24)(H,25,26). The van der Waals surface area contributed by atoms with E-state index >= 15 is 0 Å². The van der Waals surface area contributed by atoms with Crippen molar-refractivity contribution in [3.8, 4) is 5.75 Å². The molecule has 0 aliphatic carbocycles. The topological polar surface area (TPSA) is 87.7 Å². The minimum absolute atomic E-state index is 0.182. The second-order valence-corrected chi connectivity index (χ2v) is 6.81. The van der Waals surface area contributed by atoms with E-state index in [1.807, 2.05) is 19.1 Å². The van der Waals surface area contributed by atoms with E-state index in [0.717, 1.165) is 17.8 Å². The van der Waals surface area contributed by atoms with Crippen molar-refractivity contribution in [2.24, 2.45) is 0 Å². The Kier molecular flexibility index (Phi) is 7.59. The maximum absolute atomic E-state index is 11.5. The third-order valence-corrected chi connectivity index (χ3v) is 4.10. The number of anilines is 2. The highest BCUT2D eigenvalue weighted by atomic mass is 35.5. The number of aliphatic carboxylic acids is 1. The molecule has 2 aromatic rings. The molecule has 2 aromatic carbocycles.